The van der Waals surface area contributed by atoms with Gasteiger partial charge in [-0.3, -0.25) is 4.79 Å². The molecule has 0 aliphatic carbocycles. The second-order valence-electron chi connectivity index (χ2n) is 7.33. The first kappa shape index (κ1) is 21.6. The van der Waals surface area contributed by atoms with E-state index in [0.717, 1.165) is 22.4 Å². The van der Waals surface area contributed by atoms with Gasteiger partial charge in [0.2, 0.25) is 0 Å². The third kappa shape index (κ3) is 5.00. The molecule has 4 rings (SSSR count). The zero-order valence-electron chi connectivity index (χ0n) is 18.0. The first-order valence-corrected chi connectivity index (χ1v) is 11.0. The average molecular weight is 447 g/mol. The molecule has 32 heavy (non-hydrogen) atoms. The highest BCUT2D eigenvalue weighted by molar-refractivity contribution is 8.18. The summed E-state index contributed by atoms with van der Waals surface area (Å²) in [4.78, 5) is 29.2. The first-order valence-electron chi connectivity index (χ1n) is 10.2. The van der Waals surface area contributed by atoms with Crippen LogP contribution in [0.3, 0.4) is 0 Å². The normalized spacial score (nSPS) is 15.9. The molecule has 1 aromatic heterocycles. The van der Waals surface area contributed by atoms with Gasteiger partial charge in [0.1, 0.15) is 11.5 Å². The lowest BCUT2D eigenvalue weighted by Gasteiger charge is -2.02. The van der Waals surface area contributed by atoms with E-state index in [1.165, 1.54) is 11.8 Å². The first-order chi connectivity index (χ1) is 15.4. The van der Waals surface area contributed by atoms with Gasteiger partial charge in [-0.05, 0) is 80.1 Å². The summed E-state index contributed by atoms with van der Waals surface area (Å²) in [7, 11) is 0. The Hall–Kier alpha value is -3.58. The number of carbonyl (C=O) groups excluding carboxylic acids is 2. The summed E-state index contributed by atoms with van der Waals surface area (Å²) in [5.41, 5.74) is 4.35. The van der Waals surface area contributed by atoms with Crippen molar-refractivity contribution in [2.24, 2.45) is 4.99 Å². The van der Waals surface area contributed by atoms with Gasteiger partial charge in [0.15, 0.2) is 5.17 Å². The molecule has 3 aromatic rings. The van der Waals surface area contributed by atoms with E-state index in [9.17, 15) is 9.59 Å². The highest BCUT2D eigenvalue weighted by atomic mass is 32.2. The number of carbonyl (C=O) groups is 2. The summed E-state index contributed by atoms with van der Waals surface area (Å²) >= 11 is 1.27. The fourth-order valence-corrected chi connectivity index (χ4v) is 4.13. The Morgan fingerprint density at radius 2 is 1.81 bits per heavy atom. The molecule has 1 saturated heterocycles. The van der Waals surface area contributed by atoms with Crippen LogP contribution in [0.25, 0.3) is 17.4 Å². The molecule has 0 bridgehead atoms. The topological polar surface area (TPSA) is 80.9 Å². The molecule has 0 radical (unpaired) electrons. The quantitative estimate of drug-likeness (QED) is 0.406. The number of furan rings is 1. The molecular weight excluding hydrogens is 424 g/mol. The van der Waals surface area contributed by atoms with Gasteiger partial charge in [0.25, 0.3) is 5.91 Å². The second kappa shape index (κ2) is 9.28. The highest BCUT2D eigenvalue weighted by Gasteiger charge is 2.24. The standard InChI is InChI=1S/C25H22N2O4S/c1-4-30-24(29)18-7-5-17(6-8-18)21-10-9-20(31-21)14-22-23(28)27-25(32-22)26-19-12-15(2)11-16(3)13-19/h5-14H,4H2,1-3H3,(H,26,27,28). The second-order valence-corrected chi connectivity index (χ2v) is 8.36. The molecule has 162 valence electrons. The van der Waals surface area contributed by atoms with Gasteiger partial charge in [-0.2, -0.15) is 0 Å². The number of ether oxygens (including phenoxy) is 1. The van der Waals surface area contributed by atoms with Gasteiger partial charge in [-0.15, -0.1) is 0 Å². The van der Waals surface area contributed by atoms with Crippen LogP contribution < -0.4 is 5.32 Å². The van der Waals surface area contributed by atoms with Gasteiger partial charge in [-0.25, -0.2) is 9.79 Å². The molecule has 1 fully saturated rings. The predicted octanol–water partition coefficient (Wildman–Crippen LogP) is 5.63. The Balaban J connectivity index is 1.50. The third-order valence-electron chi connectivity index (χ3n) is 4.67. The van der Waals surface area contributed by atoms with Crippen molar-refractivity contribution in [1.82, 2.24) is 5.32 Å². The van der Waals surface area contributed by atoms with Crippen molar-refractivity contribution < 1.29 is 18.7 Å². The minimum Gasteiger partial charge on any atom is -0.462 e. The molecule has 1 aliphatic rings. The number of hydrogen-bond acceptors (Lipinski definition) is 6. The van der Waals surface area contributed by atoms with Crippen molar-refractivity contribution >= 4 is 40.6 Å². The smallest absolute Gasteiger partial charge is 0.338 e. The Bertz CT molecular complexity index is 1220. The Morgan fingerprint density at radius 3 is 2.50 bits per heavy atom. The Morgan fingerprint density at radius 1 is 1.09 bits per heavy atom. The maximum Gasteiger partial charge on any atom is 0.338 e. The van der Waals surface area contributed by atoms with Crippen LogP contribution in [0.5, 0.6) is 0 Å². The molecule has 0 saturated carbocycles. The lowest BCUT2D eigenvalue weighted by atomic mass is 10.1. The van der Waals surface area contributed by atoms with Gasteiger partial charge in [0, 0.05) is 11.6 Å². The summed E-state index contributed by atoms with van der Waals surface area (Å²) in [6, 6.07) is 16.6. The molecular formula is C25H22N2O4S. The lowest BCUT2D eigenvalue weighted by Crippen LogP contribution is -2.19. The molecule has 1 N–H and O–H groups in total. The molecule has 2 heterocycles. The van der Waals surface area contributed by atoms with Crippen LogP contribution in [0.15, 0.2) is 68.9 Å². The summed E-state index contributed by atoms with van der Waals surface area (Å²) in [6.07, 6.45) is 1.69. The van der Waals surface area contributed by atoms with Gasteiger partial charge >= 0.3 is 5.97 Å². The van der Waals surface area contributed by atoms with Crippen molar-refractivity contribution in [3.8, 4) is 11.3 Å². The Labute approximate surface area is 190 Å². The largest absolute Gasteiger partial charge is 0.462 e. The SMILES string of the molecule is CCOC(=O)c1ccc(-c2ccc(C=C3SC(=Nc4cc(C)cc(C)c4)NC3=O)o2)cc1. The van der Waals surface area contributed by atoms with Crippen LogP contribution >= 0.6 is 11.8 Å². The summed E-state index contributed by atoms with van der Waals surface area (Å²) in [5, 5.41) is 3.33. The molecule has 7 heteroatoms. The van der Waals surface area contributed by atoms with Crippen LogP contribution in [-0.4, -0.2) is 23.7 Å². The number of amidine groups is 1. The van der Waals surface area contributed by atoms with E-state index in [1.54, 1.807) is 43.3 Å². The van der Waals surface area contributed by atoms with Crippen LogP contribution in [0.4, 0.5) is 5.69 Å². The van der Waals surface area contributed by atoms with Gasteiger partial charge < -0.3 is 14.5 Å². The van der Waals surface area contributed by atoms with Crippen molar-refractivity contribution in [2.45, 2.75) is 20.8 Å². The number of nitrogens with one attached hydrogen (secondary N) is 1. The predicted molar refractivity (Wildman–Crippen MR) is 127 cm³/mol. The number of benzene rings is 2. The van der Waals surface area contributed by atoms with E-state index in [1.807, 2.05) is 32.0 Å². The van der Waals surface area contributed by atoms with E-state index in [2.05, 4.69) is 16.4 Å². The summed E-state index contributed by atoms with van der Waals surface area (Å²) < 4.78 is 10.9. The van der Waals surface area contributed by atoms with Crippen molar-refractivity contribution in [3.05, 3.63) is 82.0 Å². The Kier molecular flexibility index (Phi) is 6.28. The number of hydrogen-bond donors (Lipinski definition) is 1. The zero-order chi connectivity index (χ0) is 22.7. The van der Waals surface area contributed by atoms with Crippen LogP contribution in [0.2, 0.25) is 0 Å². The lowest BCUT2D eigenvalue weighted by molar-refractivity contribution is -0.115. The van der Waals surface area contributed by atoms with E-state index < -0.39 is 0 Å². The van der Waals surface area contributed by atoms with Crippen molar-refractivity contribution in [2.75, 3.05) is 6.61 Å². The van der Waals surface area contributed by atoms with Crippen LogP contribution in [0, 0.1) is 13.8 Å². The molecule has 2 aromatic carbocycles. The number of esters is 1. The monoisotopic (exact) mass is 446 g/mol. The summed E-state index contributed by atoms with van der Waals surface area (Å²) in [6.45, 7) is 6.13. The number of aliphatic imine (C=N–C) groups is 1. The van der Waals surface area contributed by atoms with E-state index in [-0.39, 0.29) is 11.9 Å². The van der Waals surface area contributed by atoms with E-state index in [4.69, 9.17) is 9.15 Å². The van der Waals surface area contributed by atoms with Gasteiger partial charge in [0.05, 0.1) is 22.8 Å². The molecule has 1 amide bonds. The number of thioether (sulfide) groups is 1. The molecule has 0 atom stereocenters. The fourth-order valence-electron chi connectivity index (χ4n) is 3.31. The fraction of sp³-hybridized carbons (Fsp3) is 0.160. The molecule has 0 unspecified atom stereocenters. The average Bonchev–Trinajstić information content (AvgIpc) is 3.34. The van der Waals surface area contributed by atoms with Crippen molar-refractivity contribution in [3.63, 3.8) is 0 Å². The maximum absolute atomic E-state index is 12.4. The number of amides is 1. The van der Waals surface area contributed by atoms with Crippen molar-refractivity contribution in [1.29, 1.82) is 0 Å². The van der Waals surface area contributed by atoms with Crippen LogP contribution in [-0.2, 0) is 9.53 Å². The minimum absolute atomic E-state index is 0.213. The molecule has 6 nitrogen and oxygen atoms in total. The maximum atomic E-state index is 12.4. The van der Waals surface area contributed by atoms with Crippen LogP contribution in [0.1, 0.15) is 34.2 Å². The number of aryl methyl sites for hydroxylation is 2. The summed E-state index contributed by atoms with van der Waals surface area (Å²) in [5.74, 6) is 0.626. The zero-order valence-corrected chi connectivity index (χ0v) is 18.8. The highest BCUT2D eigenvalue weighted by Crippen LogP contribution is 2.30. The minimum atomic E-state index is -0.355. The number of nitrogens with zero attached hydrogens (tertiary/aromatic N) is 1. The number of rotatable bonds is 5. The van der Waals surface area contributed by atoms with E-state index >= 15 is 0 Å². The van der Waals surface area contributed by atoms with E-state index in [0.29, 0.717) is 33.8 Å². The third-order valence-corrected chi connectivity index (χ3v) is 5.58. The van der Waals surface area contributed by atoms with Gasteiger partial charge in [-0.1, -0.05) is 18.2 Å². The molecule has 1 aliphatic heterocycles. The molecule has 0 spiro atoms.